The summed E-state index contributed by atoms with van der Waals surface area (Å²) in [6, 6.07) is 3.42. The molecule has 4 nitrogen and oxygen atoms in total. The molecule has 2 atom stereocenters. The first-order chi connectivity index (χ1) is 8.44. The maximum atomic E-state index is 13.2. The van der Waals surface area contributed by atoms with Crippen molar-refractivity contribution in [3.8, 4) is 0 Å². The highest BCUT2D eigenvalue weighted by atomic mass is 32.2. The van der Waals surface area contributed by atoms with E-state index >= 15 is 0 Å². The van der Waals surface area contributed by atoms with E-state index in [0.717, 1.165) is 18.6 Å². The molecule has 18 heavy (non-hydrogen) atoms. The van der Waals surface area contributed by atoms with Crippen molar-refractivity contribution in [1.82, 2.24) is 4.72 Å². The normalized spacial score (nSPS) is 23.1. The summed E-state index contributed by atoms with van der Waals surface area (Å²) in [5.74, 6) is 0.360. The third-order valence-corrected chi connectivity index (χ3v) is 4.73. The van der Waals surface area contributed by atoms with Crippen LogP contribution in [-0.4, -0.2) is 20.1 Å². The minimum Gasteiger partial charge on any atom is -0.392 e. The van der Waals surface area contributed by atoms with Crippen LogP contribution in [0, 0.1) is 17.7 Å². The number of rotatable bonds is 5. The molecule has 6 heteroatoms. The van der Waals surface area contributed by atoms with Crippen molar-refractivity contribution in [2.75, 3.05) is 6.54 Å². The van der Waals surface area contributed by atoms with Crippen LogP contribution in [0.1, 0.15) is 18.9 Å². The summed E-state index contributed by atoms with van der Waals surface area (Å²) in [4.78, 5) is -0.0127. The molecule has 0 amide bonds. The Kier molecular flexibility index (Phi) is 3.70. The van der Waals surface area contributed by atoms with Crippen LogP contribution < -0.4 is 4.72 Å². The Bertz CT molecular complexity index is 544. The first-order valence-electron chi connectivity index (χ1n) is 5.83. The summed E-state index contributed by atoms with van der Waals surface area (Å²) < 4.78 is 39.5. The lowest BCUT2D eigenvalue weighted by Crippen LogP contribution is -2.26. The molecule has 1 saturated carbocycles. The van der Waals surface area contributed by atoms with Crippen molar-refractivity contribution >= 4 is 10.0 Å². The fourth-order valence-electron chi connectivity index (χ4n) is 1.82. The fraction of sp³-hybridized carbons (Fsp3) is 0.500. The molecule has 1 aliphatic carbocycles. The van der Waals surface area contributed by atoms with E-state index in [1.165, 1.54) is 6.07 Å². The minimum atomic E-state index is -3.62. The molecule has 0 spiro atoms. The van der Waals surface area contributed by atoms with Crippen LogP contribution in [-0.2, 0) is 16.6 Å². The molecular weight excluding hydrogens is 257 g/mol. The van der Waals surface area contributed by atoms with Gasteiger partial charge in [0.1, 0.15) is 5.82 Å². The Morgan fingerprint density at radius 3 is 2.72 bits per heavy atom. The number of aliphatic hydroxyl groups is 1. The molecule has 0 aliphatic heterocycles. The van der Waals surface area contributed by atoms with E-state index in [4.69, 9.17) is 5.11 Å². The zero-order valence-electron chi connectivity index (χ0n) is 10.1. The average Bonchev–Trinajstić information content (AvgIpc) is 3.03. The molecule has 1 aromatic carbocycles. The van der Waals surface area contributed by atoms with Crippen LogP contribution in [0.25, 0.3) is 0 Å². The second-order valence-corrected chi connectivity index (χ2v) is 6.50. The maximum Gasteiger partial charge on any atom is 0.240 e. The van der Waals surface area contributed by atoms with Gasteiger partial charge in [0.15, 0.2) is 0 Å². The zero-order valence-corrected chi connectivity index (χ0v) is 10.9. The monoisotopic (exact) mass is 273 g/mol. The third kappa shape index (κ3) is 2.88. The first kappa shape index (κ1) is 13.5. The highest BCUT2D eigenvalue weighted by Gasteiger charge is 2.33. The number of hydrogen-bond acceptors (Lipinski definition) is 3. The molecule has 1 fully saturated rings. The van der Waals surface area contributed by atoms with Gasteiger partial charge in [0, 0.05) is 12.1 Å². The second-order valence-electron chi connectivity index (χ2n) is 4.74. The Hall–Kier alpha value is -0.980. The molecule has 0 bridgehead atoms. The van der Waals surface area contributed by atoms with E-state index < -0.39 is 22.4 Å². The summed E-state index contributed by atoms with van der Waals surface area (Å²) in [7, 11) is -3.62. The molecular formula is C12H16FNO3S. The van der Waals surface area contributed by atoms with Gasteiger partial charge in [-0.2, -0.15) is 0 Å². The molecule has 0 saturated heterocycles. The van der Waals surface area contributed by atoms with Gasteiger partial charge in [-0.15, -0.1) is 0 Å². The van der Waals surface area contributed by atoms with E-state index in [1.54, 1.807) is 0 Å². The van der Waals surface area contributed by atoms with Gasteiger partial charge < -0.3 is 5.11 Å². The van der Waals surface area contributed by atoms with Crippen LogP contribution in [0.2, 0.25) is 0 Å². The number of benzene rings is 1. The van der Waals surface area contributed by atoms with Gasteiger partial charge in [-0.25, -0.2) is 17.5 Å². The minimum absolute atomic E-state index is 0.0127. The predicted octanol–water partition coefficient (Wildman–Crippen LogP) is 1.25. The summed E-state index contributed by atoms with van der Waals surface area (Å²) in [5.41, 5.74) is -0.0161. The molecule has 0 heterocycles. The highest BCUT2D eigenvalue weighted by Crippen LogP contribution is 2.37. The molecule has 1 aromatic rings. The molecule has 2 unspecified atom stereocenters. The average molecular weight is 273 g/mol. The van der Waals surface area contributed by atoms with E-state index in [-0.39, 0.29) is 10.5 Å². The molecule has 2 rings (SSSR count). The van der Waals surface area contributed by atoms with Crippen molar-refractivity contribution in [2.24, 2.45) is 11.8 Å². The summed E-state index contributed by atoms with van der Waals surface area (Å²) in [5, 5.41) is 8.92. The van der Waals surface area contributed by atoms with Gasteiger partial charge in [-0.05, 0) is 36.5 Å². The van der Waals surface area contributed by atoms with E-state index in [1.807, 2.05) is 0 Å². The Balaban J connectivity index is 2.13. The Morgan fingerprint density at radius 1 is 1.50 bits per heavy atom. The molecule has 2 N–H and O–H groups in total. The number of hydrogen-bond donors (Lipinski definition) is 2. The first-order valence-corrected chi connectivity index (χ1v) is 7.31. The van der Waals surface area contributed by atoms with Crippen molar-refractivity contribution < 1.29 is 17.9 Å². The van der Waals surface area contributed by atoms with Gasteiger partial charge in [0.2, 0.25) is 10.0 Å². The summed E-state index contributed by atoms with van der Waals surface area (Å²) in [6.45, 7) is 1.96. The highest BCUT2D eigenvalue weighted by molar-refractivity contribution is 7.89. The van der Waals surface area contributed by atoms with E-state index in [9.17, 15) is 12.8 Å². The predicted molar refractivity (Wildman–Crippen MR) is 64.8 cm³/mol. The summed E-state index contributed by atoms with van der Waals surface area (Å²) in [6.07, 6.45) is 1.04. The number of sulfonamides is 1. The lowest BCUT2D eigenvalue weighted by Gasteiger charge is -2.08. The van der Waals surface area contributed by atoms with Crippen molar-refractivity contribution in [1.29, 1.82) is 0 Å². The van der Waals surface area contributed by atoms with Crippen LogP contribution in [0.4, 0.5) is 4.39 Å². The van der Waals surface area contributed by atoms with Crippen molar-refractivity contribution in [3.63, 3.8) is 0 Å². The third-order valence-electron chi connectivity index (χ3n) is 3.31. The topological polar surface area (TPSA) is 66.4 Å². The Labute approximate surface area is 106 Å². The number of nitrogens with one attached hydrogen (secondary N) is 1. The second kappa shape index (κ2) is 4.95. The van der Waals surface area contributed by atoms with E-state index in [2.05, 4.69) is 11.6 Å². The lowest BCUT2D eigenvalue weighted by atomic mass is 10.2. The van der Waals surface area contributed by atoms with Crippen LogP contribution >= 0.6 is 0 Å². The van der Waals surface area contributed by atoms with Crippen LogP contribution in [0.3, 0.4) is 0 Å². The zero-order chi connectivity index (χ0) is 13.3. The quantitative estimate of drug-likeness (QED) is 0.848. The van der Waals surface area contributed by atoms with Gasteiger partial charge >= 0.3 is 0 Å². The number of halogens is 1. The van der Waals surface area contributed by atoms with Gasteiger partial charge in [0.25, 0.3) is 0 Å². The largest absolute Gasteiger partial charge is 0.392 e. The lowest BCUT2D eigenvalue weighted by molar-refractivity contribution is 0.275. The van der Waals surface area contributed by atoms with E-state index in [0.29, 0.717) is 18.4 Å². The molecule has 100 valence electrons. The van der Waals surface area contributed by atoms with Crippen LogP contribution in [0.15, 0.2) is 23.1 Å². The van der Waals surface area contributed by atoms with Gasteiger partial charge in [-0.3, -0.25) is 0 Å². The van der Waals surface area contributed by atoms with Gasteiger partial charge in [-0.1, -0.05) is 6.92 Å². The fourth-order valence-corrected chi connectivity index (χ4v) is 2.97. The SMILES string of the molecule is CC1CC1CNS(=O)(=O)c1ccc(F)c(CO)c1. The molecule has 1 aliphatic rings. The summed E-state index contributed by atoms with van der Waals surface area (Å²) >= 11 is 0. The number of aliphatic hydroxyl groups excluding tert-OH is 1. The van der Waals surface area contributed by atoms with Crippen molar-refractivity contribution in [3.05, 3.63) is 29.6 Å². The smallest absolute Gasteiger partial charge is 0.240 e. The maximum absolute atomic E-state index is 13.2. The van der Waals surface area contributed by atoms with Crippen LogP contribution in [0.5, 0.6) is 0 Å². The standard InChI is InChI=1S/C12H16FNO3S/c1-8-4-9(8)6-14-18(16,17)11-2-3-12(13)10(5-11)7-15/h2-3,5,8-9,14-15H,4,6-7H2,1H3. The molecule has 0 aromatic heterocycles. The Morgan fingerprint density at radius 2 is 2.17 bits per heavy atom. The van der Waals surface area contributed by atoms with Crippen molar-refractivity contribution in [2.45, 2.75) is 24.8 Å². The molecule has 0 radical (unpaired) electrons. The van der Waals surface area contributed by atoms with Gasteiger partial charge in [0.05, 0.1) is 11.5 Å².